The van der Waals surface area contributed by atoms with E-state index in [0.29, 0.717) is 5.16 Å². The molecule has 0 bridgehead atoms. The molecule has 8 heteroatoms. The Kier molecular flexibility index (Phi) is 5.63. The van der Waals surface area contributed by atoms with E-state index in [4.69, 9.17) is 0 Å². The van der Waals surface area contributed by atoms with Gasteiger partial charge in [-0.1, -0.05) is 11.8 Å². The first kappa shape index (κ1) is 14.5. The number of rotatable bonds is 6. The van der Waals surface area contributed by atoms with Crippen LogP contribution in [0.3, 0.4) is 0 Å². The molecule has 0 fully saturated rings. The Morgan fingerprint density at radius 3 is 2.83 bits per heavy atom. The maximum Gasteiger partial charge on any atom is 0.241 e. The van der Waals surface area contributed by atoms with Gasteiger partial charge in [-0.2, -0.15) is 0 Å². The van der Waals surface area contributed by atoms with Crippen LogP contribution in [0.25, 0.3) is 0 Å². The largest absolute Gasteiger partial charge is 0.347 e. The number of nitrogens with one attached hydrogen (secondary N) is 1. The fourth-order valence-corrected chi connectivity index (χ4v) is 1.90. The summed E-state index contributed by atoms with van der Waals surface area (Å²) < 4.78 is 1.85. The van der Waals surface area contributed by atoms with E-state index in [0.717, 1.165) is 6.54 Å². The van der Waals surface area contributed by atoms with Crippen molar-refractivity contribution in [3.63, 3.8) is 0 Å². The molecular formula is C10H17N5O2S. The van der Waals surface area contributed by atoms with Gasteiger partial charge in [0.25, 0.3) is 0 Å². The predicted octanol–water partition coefficient (Wildman–Crippen LogP) is -0.405. The van der Waals surface area contributed by atoms with Gasteiger partial charge in [-0.05, 0) is 6.92 Å². The van der Waals surface area contributed by atoms with Crippen LogP contribution in [0.15, 0.2) is 11.5 Å². The summed E-state index contributed by atoms with van der Waals surface area (Å²) in [7, 11) is 3.29. The normalized spacial score (nSPS) is 10.2. The van der Waals surface area contributed by atoms with Gasteiger partial charge < -0.3 is 14.8 Å². The van der Waals surface area contributed by atoms with E-state index in [1.165, 1.54) is 16.7 Å². The fourth-order valence-electron chi connectivity index (χ4n) is 1.09. The topological polar surface area (TPSA) is 80.1 Å². The third-order valence-electron chi connectivity index (χ3n) is 2.19. The molecule has 1 aromatic rings. The van der Waals surface area contributed by atoms with Gasteiger partial charge in [0.05, 0.1) is 12.3 Å². The van der Waals surface area contributed by atoms with Crippen molar-refractivity contribution < 1.29 is 9.59 Å². The summed E-state index contributed by atoms with van der Waals surface area (Å²) >= 11 is 1.30. The van der Waals surface area contributed by atoms with Crippen LogP contribution in [-0.4, -0.2) is 57.9 Å². The Balaban J connectivity index is 2.31. The second kappa shape index (κ2) is 7.00. The number of carbonyl (C=O) groups excluding carboxylic acids is 2. The summed E-state index contributed by atoms with van der Waals surface area (Å²) in [6, 6.07) is 0. The highest BCUT2D eigenvalue weighted by Gasteiger charge is 2.09. The van der Waals surface area contributed by atoms with Gasteiger partial charge in [0, 0.05) is 20.6 Å². The number of carbonyl (C=O) groups is 2. The summed E-state index contributed by atoms with van der Waals surface area (Å²) in [5.41, 5.74) is 0. The molecule has 1 aromatic heterocycles. The Morgan fingerprint density at radius 1 is 1.50 bits per heavy atom. The molecule has 1 N–H and O–H groups in total. The van der Waals surface area contributed by atoms with E-state index in [1.54, 1.807) is 20.4 Å². The zero-order valence-electron chi connectivity index (χ0n) is 10.7. The van der Waals surface area contributed by atoms with Crippen LogP contribution in [0.5, 0.6) is 0 Å². The molecule has 0 saturated heterocycles. The average Bonchev–Trinajstić information content (AvgIpc) is 2.80. The van der Waals surface area contributed by atoms with E-state index < -0.39 is 0 Å². The van der Waals surface area contributed by atoms with Crippen molar-refractivity contribution in [2.45, 2.75) is 18.6 Å². The van der Waals surface area contributed by atoms with E-state index in [-0.39, 0.29) is 24.1 Å². The highest BCUT2D eigenvalue weighted by atomic mass is 32.2. The quantitative estimate of drug-likeness (QED) is 0.712. The van der Waals surface area contributed by atoms with Crippen LogP contribution in [0.4, 0.5) is 0 Å². The third-order valence-corrected chi connectivity index (χ3v) is 3.17. The van der Waals surface area contributed by atoms with E-state index in [1.807, 2.05) is 11.5 Å². The number of nitrogens with zero attached hydrogens (tertiary/aromatic N) is 4. The molecule has 100 valence electrons. The highest BCUT2D eigenvalue weighted by molar-refractivity contribution is 7.99. The summed E-state index contributed by atoms with van der Waals surface area (Å²) in [6.07, 6.45) is 1.62. The summed E-state index contributed by atoms with van der Waals surface area (Å²) in [5, 5.41) is 10.9. The number of hydrogen-bond acceptors (Lipinski definition) is 5. The zero-order chi connectivity index (χ0) is 13.5. The van der Waals surface area contributed by atoms with Gasteiger partial charge in [-0.25, -0.2) is 0 Å². The highest BCUT2D eigenvalue weighted by Crippen LogP contribution is 2.13. The van der Waals surface area contributed by atoms with Gasteiger partial charge in [0.2, 0.25) is 11.8 Å². The molecule has 0 atom stereocenters. The molecule has 1 rings (SSSR count). The number of likely N-dealkylation sites (N-methyl/N-ethyl adjacent to an activating group) is 1. The molecule has 2 amide bonds. The lowest BCUT2D eigenvalue weighted by molar-refractivity contribution is -0.130. The SMILES string of the molecule is CCn1cnnc1SCC(=O)NCC(=O)N(C)C. The molecule has 18 heavy (non-hydrogen) atoms. The number of aryl methyl sites for hydroxylation is 1. The second-order valence-electron chi connectivity index (χ2n) is 3.75. The van der Waals surface area contributed by atoms with Gasteiger partial charge >= 0.3 is 0 Å². The number of aromatic nitrogens is 3. The lowest BCUT2D eigenvalue weighted by atomic mass is 10.5. The average molecular weight is 271 g/mol. The van der Waals surface area contributed by atoms with E-state index >= 15 is 0 Å². The van der Waals surface area contributed by atoms with Crippen LogP contribution >= 0.6 is 11.8 Å². The Labute approximate surface area is 110 Å². The molecule has 0 aliphatic rings. The maximum absolute atomic E-state index is 11.5. The minimum absolute atomic E-state index is 0.0207. The smallest absolute Gasteiger partial charge is 0.241 e. The van der Waals surface area contributed by atoms with Crippen molar-refractivity contribution in [1.82, 2.24) is 25.0 Å². The van der Waals surface area contributed by atoms with Gasteiger partial charge in [-0.3, -0.25) is 9.59 Å². The lowest BCUT2D eigenvalue weighted by Crippen LogP contribution is -2.37. The first-order chi connectivity index (χ1) is 8.54. The summed E-state index contributed by atoms with van der Waals surface area (Å²) in [6.45, 7) is 2.76. The molecule has 1 heterocycles. The van der Waals surface area contributed by atoms with E-state index in [9.17, 15) is 9.59 Å². The summed E-state index contributed by atoms with van der Waals surface area (Å²) in [4.78, 5) is 24.2. The minimum Gasteiger partial charge on any atom is -0.347 e. The predicted molar refractivity (Wildman–Crippen MR) is 68.1 cm³/mol. The minimum atomic E-state index is -0.194. The van der Waals surface area contributed by atoms with Crippen molar-refractivity contribution >= 4 is 23.6 Å². The molecule has 0 radical (unpaired) electrons. The molecule has 0 aromatic carbocycles. The van der Waals surface area contributed by atoms with Crippen LogP contribution in [0, 0.1) is 0 Å². The Hall–Kier alpha value is -1.57. The van der Waals surface area contributed by atoms with Gasteiger partial charge in [0.1, 0.15) is 6.33 Å². The van der Waals surface area contributed by atoms with Gasteiger partial charge in [-0.15, -0.1) is 10.2 Å². The standard InChI is InChI=1S/C10H17N5O2S/c1-4-15-7-12-13-10(15)18-6-8(16)11-5-9(17)14(2)3/h7H,4-6H2,1-3H3,(H,11,16). The molecular weight excluding hydrogens is 254 g/mol. The molecule has 0 saturated carbocycles. The Morgan fingerprint density at radius 2 is 2.22 bits per heavy atom. The first-order valence-corrected chi connectivity index (χ1v) is 6.50. The first-order valence-electron chi connectivity index (χ1n) is 5.52. The van der Waals surface area contributed by atoms with Crippen molar-refractivity contribution in [2.24, 2.45) is 0 Å². The zero-order valence-corrected chi connectivity index (χ0v) is 11.5. The van der Waals surface area contributed by atoms with Crippen molar-refractivity contribution in [3.05, 3.63) is 6.33 Å². The lowest BCUT2D eigenvalue weighted by Gasteiger charge is -2.10. The maximum atomic E-state index is 11.5. The fraction of sp³-hybridized carbons (Fsp3) is 0.600. The van der Waals surface area contributed by atoms with Crippen LogP contribution in [0.1, 0.15) is 6.92 Å². The molecule has 0 aliphatic heterocycles. The van der Waals surface area contributed by atoms with Crippen molar-refractivity contribution in [1.29, 1.82) is 0 Å². The van der Waals surface area contributed by atoms with Crippen molar-refractivity contribution in [2.75, 3.05) is 26.4 Å². The number of thioether (sulfide) groups is 1. The van der Waals surface area contributed by atoms with E-state index in [2.05, 4.69) is 15.5 Å². The molecule has 7 nitrogen and oxygen atoms in total. The number of hydrogen-bond donors (Lipinski definition) is 1. The van der Waals surface area contributed by atoms with Crippen molar-refractivity contribution in [3.8, 4) is 0 Å². The summed E-state index contributed by atoms with van der Waals surface area (Å²) in [5.74, 6) is -0.106. The van der Waals surface area contributed by atoms with Crippen LogP contribution in [-0.2, 0) is 16.1 Å². The third kappa shape index (κ3) is 4.36. The van der Waals surface area contributed by atoms with Gasteiger partial charge in [0.15, 0.2) is 5.16 Å². The monoisotopic (exact) mass is 271 g/mol. The molecule has 0 spiro atoms. The number of amides is 2. The Bertz CT molecular complexity index is 418. The second-order valence-corrected chi connectivity index (χ2v) is 4.70. The van der Waals surface area contributed by atoms with Crippen LogP contribution < -0.4 is 5.32 Å². The van der Waals surface area contributed by atoms with Crippen LogP contribution in [0.2, 0.25) is 0 Å². The molecule has 0 unspecified atom stereocenters. The molecule has 0 aliphatic carbocycles.